The molecule has 0 aliphatic carbocycles. The molecule has 1 amide bonds. The second-order valence-electron chi connectivity index (χ2n) is 4.54. The molecule has 0 aromatic carbocycles. The molecule has 86 valence electrons. The van der Waals surface area contributed by atoms with Crippen LogP contribution in [0, 0.1) is 5.92 Å². The number of carbonyl (C=O) groups excluding carboxylic acids is 1. The summed E-state index contributed by atoms with van der Waals surface area (Å²) in [7, 11) is 0. The van der Waals surface area contributed by atoms with E-state index in [1.54, 1.807) is 0 Å². The second kappa shape index (κ2) is 5.75. The summed E-state index contributed by atoms with van der Waals surface area (Å²) < 4.78 is 0. The number of carbonyl (C=O) groups is 1. The summed E-state index contributed by atoms with van der Waals surface area (Å²) in [6.07, 6.45) is 4.29. The van der Waals surface area contributed by atoms with Crippen LogP contribution in [0.2, 0.25) is 0 Å². The highest BCUT2D eigenvalue weighted by molar-refractivity contribution is 7.99. The molecule has 2 aliphatic heterocycles. The Labute approximate surface area is 95.8 Å². The summed E-state index contributed by atoms with van der Waals surface area (Å²) in [5.74, 6) is 3.20. The Hall–Kier alpha value is -0.220. The molecule has 2 saturated heterocycles. The van der Waals surface area contributed by atoms with Crippen LogP contribution in [0.15, 0.2) is 0 Å². The van der Waals surface area contributed by atoms with Crippen LogP contribution in [0.5, 0.6) is 0 Å². The van der Waals surface area contributed by atoms with Gasteiger partial charge in [-0.3, -0.25) is 4.79 Å². The van der Waals surface area contributed by atoms with Crippen molar-refractivity contribution in [2.45, 2.75) is 31.7 Å². The van der Waals surface area contributed by atoms with Crippen molar-refractivity contribution < 1.29 is 4.79 Å². The third-order valence-corrected chi connectivity index (χ3v) is 4.38. The minimum absolute atomic E-state index is 0.260. The quantitative estimate of drug-likeness (QED) is 0.757. The lowest BCUT2D eigenvalue weighted by Gasteiger charge is -2.23. The number of amides is 1. The normalized spacial score (nSPS) is 31.5. The van der Waals surface area contributed by atoms with Gasteiger partial charge in [0, 0.05) is 18.2 Å². The first kappa shape index (κ1) is 11.3. The average Bonchev–Trinajstić information content (AvgIpc) is 2.71. The van der Waals surface area contributed by atoms with Gasteiger partial charge in [-0.05, 0) is 44.0 Å². The molecule has 2 aliphatic rings. The Kier molecular flexibility index (Phi) is 4.32. The molecule has 2 unspecified atom stereocenters. The fourth-order valence-electron chi connectivity index (χ4n) is 2.29. The topological polar surface area (TPSA) is 41.1 Å². The van der Waals surface area contributed by atoms with Crippen LogP contribution in [0.1, 0.15) is 25.7 Å². The van der Waals surface area contributed by atoms with Gasteiger partial charge in [0.25, 0.3) is 0 Å². The van der Waals surface area contributed by atoms with E-state index < -0.39 is 0 Å². The van der Waals surface area contributed by atoms with Gasteiger partial charge in [0.15, 0.2) is 0 Å². The molecule has 0 radical (unpaired) electrons. The van der Waals surface area contributed by atoms with Crippen molar-refractivity contribution >= 4 is 17.7 Å². The third kappa shape index (κ3) is 3.68. The highest BCUT2D eigenvalue weighted by Gasteiger charge is 2.20. The minimum Gasteiger partial charge on any atom is -0.353 e. The number of nitrogens with one attached hydrogen (secondary N) is 2. The van der Waals surface area contributed by atoms with Gasteiger partial charge in [0.05, 0.1) is 0 Å². The van der Waals surface area contributed by atoms with Gasteiger partial charge in [0.2, 0.25) is 5.91 Å². The van der Waals surface area contributed by atoms with Crippen molar-refractivity contribution in [1.29, 1.82) is 0 Å². The molecule has 2 N–H and O–H groups in total. The zero-order chi connectivity index (χ0) is 10.5. The molecule has 2 rings (SSSR count). The molecule has 4 heteroatoms. The van der Waals surface area contributed by atoms with Crippen LogP contribution in [0.4, 0.5) is 0 Å². The predicted molar refractivity (Wildman–Crippen MR) is 64.1 cm³/mol. The minimum atomic E-state index is 0.260. The Morgan fingerprint density at radius 1 is 1.47 bits per heavy atom. The Morgan fingerprint density at radius 3 is 3.07 bits per heavy atom. The van der Waals surface area contributed by atoms with Crippen molar-refractivity contribution in [3.8, 4) is 0 Å². The molecule has 0 aromatic heterocycles. The summed E-state index contributed by atoms with van der Waals surface area (Å²) >= 11 is 1.96. The second-order valence-corrected chi connectivity index (χ2v) is 5.69. The average molecular weight is 228 g/mol. The fourth-order valence-corrected chi connectivity index (χ4v) is 3.36. The largest absolute Gasteiger partial charge is 0.353 e. The Bertz CT molecular complexity index is 211. The monoisotopic (exact) mass is 228 g/mol. The van der Waals surface area contributed by atoms with E-state index in [1.165, 1.54) is 18.6 Å². The SMILES string of the molecule is O=C(CC1CCNC1)NC1CCCSC1. The number of rotatable bonds is 3. The summed E-state index contributed by atoms with van der Waals surface area (Å²) in [6, 6.07) is 0.436. The van der Waals surface area contributed by atoms with E-state index in [9.17, 15) is 4.79 Å². The van der Waals surface area contributed by atoms with Crippen LogP contribution in [0.3, 0.4) is 0 Å². The van der Waals surface area contributed by atoms with Gasteiger partial charge in [0.1, 0.15) is 0 Å². The van der Waals surface area contributed by atoms with E-state index >= 15 is 0 Å². The lowest BCUT2D eigenvalue weighted by molar-refractivity contribution is -0.122. The zero-order valence-corrected chi connectivity index (χ0v) is 9.94. The van der Waals surface area contributed by atoms with Crippen molar-refractivity contribution in [1.82, 2.24) is 10.6 Å². The van der Waals surface area contributed by atoms with Crippen LogP contribution in [-0.4, -0.2) is 36.5 Å². The molecular formula is C11H20N2OS. The molecule has 15 heavy (non-hydrogen) atoms. The Morgan fingerprint density at radius 2 is 2.40 bits per heavy atom. The molecular weight excluding hydrogens is 208 g/mol. The van der Waals surface area contributed by atoms with Crippen LogP contribution in [0.25, 0.3) is 0 Å². The van der Waals surface area contributed by atoms with Gasteiger partial charge in [-0.25, -0.2) is 0 Å². The Balaban J connectivity index is 1.66. The summed E-state index contributed by atoms with van der Waals surface area (Å²) in [5.41, 5.74) is 0. The fraction of sp³-hybridized carbons (Fsp3) is 0.909. The van der Waals surface area contributed by atoms with Gasteiger partial charge in [-0.2, -0.15) is 11.8 Å². The van der Waals surface area contributed by atoms with E-state index in [1.807, 2.05) is 11.8 Å². The van der Waals surface area contributed by atoms with Crippen molar-refractivity contribution in [3.05, 3.63) is 0 Å². The van der Waals surface area contributed by atoms with E-state index in [4.69, 9.17) is 0 Å². The summed E-state index contributed by atoms with van der Waals surface area (Å²) in [4.78, 5) is 11.7. The lowest BCUT2D eigenvalue weighted by atomic mass is 10.0. The van der Waals surface area contributed by atoms with Crippen molar-refractivity contribution in [3.63, 3.8) is 0 Å². The summed E-state index contributed by atoms with van der Waals surface area (Å²) in [5, 5.41) is 6.46. The smallest absolute Gasteiger partial charge is 0.220 e. The molecule has 2 atom stereocenters. The first-order valence-corrected chi connectivity index (χ1v) is 7.08. The third-order valence-electron chi connectivity index (χ3n) is 3.16. The zero-order valence-electron chi connectivity index (χ0n) is 9.13. The molecule has 0 spiro atoms. The highest BCUT2D eigenvalue weighted by atomic mass is 32.2. The van der Waals surface area contributed by atoms with Crippen molar-refractivity contribution in [2.75, 3.05) is 24.6 Å². The van der Waals surface area contributed by atoms with Gasteiger partial charge >= 0.3 is 0 Å². The van der Waals surface area contributed by atoms with E-state index in [0.29, 0.717) is 18.4 Å². The van der Waals surface area contributed by atoms with Crippen LogP contribution < -0.4 is 10.6 Å². The predicted octanol–water partition coefficient (Wildman–Crippen LogP) is 0.998. The lowest BCUT2D eigenvalue weighted by Crippen LogP contribution is -2.39. The van der Waals surface area contributed by atoms with Crippen LogP contribution >= 0.6 is 11.8 Å². The number of hydrogen-bond acceptors (Lipinski definition) is 3. The maximum Gasteiger partial charge on any atom is 0.220 e. The molecule has 2 heterocycles. The molecule has 3 nitrogen and oxygen atoms in total. The molecule has 0 bridgehead atoms. The van der Waals surface area contributed by atoms with Gasteiger partial charge < -0.3 is 10.6 Å². The van der Waals surface area contributed by atoms with Crippen molar-refractivity contribution in [2.24, 2.45) is 5.92 Å². The first-order valence-electron chi connectivity index (χ1n) is 5.92. The van der Waals surface area contributed by atoms with Crippen LogP contribution in [-0.2, 0) is 4.79 Å². The van der Waals surface area contributed by atoms with Gasteiger partial charge in [-0.15, -0.1) is 0 Å². The standard InChI is InChI=1S/C11H20N2OS/c14-11(6-9-3-4-12-7-9)13-10-2-1-5-15-8-10/h9-10,12H,1-8H2,(H,13,14). The summed E-state index contributed by atoms with van der Waals surface area (Å²) in [6.45, 7) is 2.10. The highest BCUT2D eigenvalue weighted by Crippen LogP contribution is 2.18. The van der Waals surface area contributed by atoms with Gasteiger partial charge in [-0.1, -0.05) is 0 Å². The maximum atomic E-state index is 11.7. The molecule has 2 fully saturated rings. The first-order chi connectivity index (χ1) is 7.34. The molecule has 0 aromatic rings. The van der Waals surface area contributed by atoms with E-state index in [0.717, 1.165) is 25.3 Å². The number of hydrogen-bond donors (Lipinski definition) is 2. The number of thioether (sulfide) groups is 1. The molecule has 0 saturated carbocycles. The van der Waals surface area contributed by atoms with E-state index in [-0.39, 0.29) is 5.91 Å². The van der Waals surface area contributed by atoms with E-state index in [2.05, 4.69) is 10.6 Å². The maximum absolute atomic E-state index is 11.7.